The SMILES string of the molecule is CCCC(CN)(CO)CC1Cc2ccccc2S1. The fourth-order valence-corrected chi connectivity index (χ4v) is 4.40. The summed E-state index contributed by atoms with van der Waals surface area (Å²) in [6.45, 7) is 2.96. The number of fused-ring (bicyclic) bond motifs is 1. The monoisotopic (exact) mass is 265 g/mol. The quantitative estimate of drug-likeness (QED) is 0.831. The molecule has 2 nitrogen and oxygen atoms in total. The molecule has 1 aromatic carbocycles. The van der Waals surface area contributed by atoms with Crippen LogP contribution in [0.4, 0.5) is 0 Å². The Morgan fingerprint density at radius 3 is 2.83 bits per heavy atom. The van der Waals surface area contributed by atoms with Gasteiger partial charge in [-0.2, -0.15) is 0 Å². The molecule has 1 aliphatic heterocycles. The Morgan fingerprint density at radius 1 is 1.44 bits per heavy atom. The van der Waals surface area contributed by atoms with Crippen LogP contribution < -0.4 is 5.73 Å². The van der Waals surface area contributed by atoms with Crippen LogP contribution >= 0.6 is 11.8 Å². The second-order valence-corrected chi connectivity index (χ2v) is 6.71. The molecule has 1 heterocycles. The molecule has 100 valence electrons. The van der Waals surface area contributed by atoms with E-state index in [0.29, 0.717) is 11.8 Å². The van der Waals surface area contributed by atoms with E-state index >= 15 is 0 Å². The van der Waals surface area contributed by atoms with Crippen molar-refractivity contribution in [1.29, 1.82) is 0 Å². The van der Waals surface area contributed by atoms with Crippen molar-refractivity contribution in [3.63, 3.8) is 0 Å². The maximum absolute atomic E-state index is 9.70. The molecular formula is C15H23NOS. The van der Waals surface area contributed by atoms with Crippen molar-refractivity contribution >= 4 is 11.8 Å². The molecule has 0 saturated carbocycles. The summed E-state index contributed by atoms with van der Waals surface area (Å²) in [5.41, 5.74) is 7.30. The average Bonchev–Trinajstić information content (AvgIpc) is 2.80. The third kappa shape index (κ3) is 2.90. The lowest BCUT2D eigenvalue weighted by Crippen LogP contribution is -2.37. The second kappa shape index (κ2) is 6.09. The van der Waals surface area contributed by atoms with Crippen molar-refractivity contribution in [2.75, 3.05) is 13.2 Å². The summed E-state index contributed by atoms with van der Waals surface area (Å²) in [7, 11) is 0. The van der Waals surface area contributed by atoms with Crippen LogP contribution in [-0.2, 0) is 6.42 Å². The number of hydrogen-bond acceptors (Lipinski definition) is 3. The van der Waals surface area contributed by atoms with E-state index < -0.39 is 0 Å². The summed E-state index contributed by atoms with van der Waals surface area (Å²) in [6.07, 6.45) is 4.25. The van der Waals surface area contributed by atoms with Crippen molar-refractivity contribution in [2.45, 2.75) is 42.8 Å². The van der Waals surface area contributed by atoms with Gasteiger partial charge >= 0.3 is 0 Å². The summed E-state index contributed by atoms with van der Waals surface area (Å²) >= 11 is 1.95. The van der Waals surface area contributed by atoms with Crippen LogP contribution in [0.15, 0.2) is 29.2 Å². The molecule has 18 heavy (non-hydrogen) atoms. The van der Waals surface area contributed by atoms with E-state index in [-0.39, 0.29) is 12.0 Å². The smallest absolute Gasteiger partial charge is 0.0499 e. The molecular weight excluding hydrogens is 242 g/mol. The fraction of sp³-hybridized carbons (Fsp3) is 0.600. The highest BCUT2D eigenvalue weighted by Crippen LogP contribution is 2.43. The lowest BCUT2D eigenvalue weighted by atomic mass is 9.79. The third-order valence-corrected chi connectivity index (χ3v) is 5.24. The molecule has 3 N–H and O–H groups in total. The normalized spacial score (nSPS) is 21.6. The van der Waals surface area contributed by atoms with Gasteiger partial charge in [0.15, 0.2) is 0 Å². The summed E-state index contributed by atoms with van der Waals surface area (Å²) in [5.74, 6) is 0. The Hall–Kier alpha value is -0.510. The van der Waals surface area contributed by atoms with Crippen LogP contribution in [0.5, 0.6) is 0 Å². The fourth-order valence-electron chi connectivity index (χ4n) is 2.88. The van der Waals surface area contributed by atoms with Gasteiger partial charge in [0.1, 0.15) is 0 Å². The van der Waals surface area contributed by atoms with Crippen LogP contribution in [0.3, 0.4) is 0 Å². The molecule has 1 aromatic rings. The van der Waals surface area contributed by atoms with Crippen molar-refractivity contribution in [3.8, 4) is 0 Å². The molecule has 3 heteroatoms. The Labute approximate surface area is 114 Å². The minimum absolute atomic E-state index is 0.0749. The number of thioether (sulfide) groups is 1. The summed E-state index contributed by atoms with van der Waals surface area (Å²) in [6, 6.07) is 8.62. The van der Waals surface area contributed by atoms with Gasteiger partial charge in [-0.05, 0) is 30.9 Å². The zero-order valence-corrected chi connectivity index (χ0v) is 11.9. The van der Waals surface area contributed by atoms with Crippen molar-refractivity contribution < 1.29 is 5.11 Å². The molecule has 2 rings (SSSR count). The van der Waals surface area contributed by atoms with Gasteiger partial charge in [0.25, 0.3) is 0 Å². The highest BCUT2D eigenvalue weighted by atomic mass is 32.2. The minimum atomic E-state index is -0.0749. The first-order chi connectivity index (χ1) is 8.73. The molecule has 0 radical (unpaired) electrons. The highest BCUT2D eigenvalue weighted by molar-refractivity contribution is 8.00. The van der Waals surface area contributed by atoms with Gasteiger partial charge in [0.2, 0.25) is 0 Å². The highest BCUT2D eigenvalue weighted by Gasteiger charge is 2.33. The number of rotatable bonds is 6. The Morgan fingerprint density at radius 2 is 2.22 bits per heavy atom. The lowest BCUT2D eigenvalue weighted by Gasteiger charge is -2.32. The molecule has 0 saturated heterocycles. The van der Waals surface area contributed by atoms with E-state index in [0.717, 1.165) is 25.7 Å². The first kappa shape index (κ1) is 13.9. The summed E-state index contributed by atoms with van der Waals surface area (Å²) in [4.78, 5) is 1.41. The van der Waals surface area contributed by atoms with Crippen molar-refractivity contribution in [2.24, 2.45) is 11.1 Å². The number of benzene rings is 1. The standard InChI is InChI=1S/C15H23NOS/c1-2-7-15(10-16,11-17)9-13-8-12-5-3-4-6-14(12)18-13/h3-6,13,17H,2,7-11,16H2,1H3. The van der Waals surface area contributed by atoms with Gasteiger partial charge in [-0.1, -0.05) is 31.5 Å². The molecule has 2 atom stereocenters. The Bertz CT molecular complexity index is 365. The van der Waals surface area contributed by atoms with E-state index in [9.17, 15) is 5.11 Å². The maximum Gasteiger partial charge on any atom is 0.0499 e. The number of aliphatic hydroxyl groups is 1. The first-order valence-corrected chi connectivity index (χ1v) is 7.66. The van der Waals surface area contributed by atoms with Gasteiger partial charge in [-0.3, -0.25) is 0 Å². The Kier molecular flexibility index (Phi) is 4.71. The van der Waals surface area contributed by atoms with Gasteiger partial charge in [0, 0.05) is 28.7 Å². The van der Waals surface area contributed by atoms with E-state index in [1.807, 2.05) is 11.8 Å². The van der Waals surface area contributed by atoms with Crippen LogP contribution in [0.25, 0.3) is 0 Å². The van der Waals surface area contributed by atoms with Gasteiger partial charge < -0.3 is 10.8 Å². The van der Waals surface area contributed by atoms with Crippen molar-refractivity contribution in [1.82, 2.24) is 0 Å². The summed E-state index contributed by atoms with van der Waals surface area (Å²) < 4.78 is 0. The largest absolute Gasteiger partial charge is 0.396 e. The zero-order valence-electron chi connectivity index (χ0n) is 11.1. The summed E-state index contributed by atoms with van der Waals surface area (Å²) in [5, 5.41) is 10.3. The first-order valence-electron chi connectivity index (χ1n) is 6.78. The molecule has 0 spiro atoms. The predicted molar refractivity (Wildman–Crippen MR) is 77.9 cm³/mol. The van der Waals surface area contributed by atoms with E-state index in [1.165, 1.54) is 10.5 Å². The van der Waals surface area contributed by atoms with Gasteiger partial charge in [-0.15, -0.1) is 11.8 Å². The van der Waals surface area contributed by atoms with Gasteiger partial charge in [0.05, 0.1) is 0 Å². The van der Waals surface area contributed by atoms with Crippen molar-refractivity contribution in [3.05, 3.63) is 29.8 Å². The molecule has 0 bridgehead atoms. The molecule has 0 aliphatic carbocycles. The van der Waals surface area contributed by atoms with Crippen LogP contribution in [-0.4, -0.2) is 23.5 Å². The average molecular weight is 265 g/mol. The molecule has 0 fully saturated rings. The molecule has 2 unspecified atom stereocenters. The van der Waals surface area contributed by atoms with E-state index in [4.69, 9.17) is 5.73 Å². The zero-order chi connectivity index (χ0) is 13.0. The minimum Gasteiger partial charge on any atom is -0.396 e. The molecule has 0 amide bonds. The van der Waals surface area contributed by atoms with E-state index in [1.54, 1.807) is 0 Å². The van der Waals surface area contributed by atoms with Crippen LogP contribution in [0, 0.1) is 5.41 Å². The Balaban J connectivity index is 2.03. The van der Waals surface area contributed by atoms with Crippen LogP contribution in [0.1, 0.15) is 31.7 Å². The molecule has 1 aliphatic rings. The number of hydrogen-bond donors (Lipinski definition) is 2. The lowest BCUT2D eigenvalue weighted by molar-refractivity contribution is 0.111. The van der Waals surface area contributed by atoms with E-state index in [2.05, 4.69) is 31.2 Å². The number of aliphatic hydroxyl groups excluding tert-OH is 1. The van der Waals surface area contributed by atoms with Crippen LogP contribution in [0.2, 0.25) is 0 Å². The second-order valence-electron chi connectivity index (χ2n) is 5.37. The maximum atomic E-state index is 9.70. The topological polar surface area (TPSA) is 46.2 Å². The molecule has 0 aromatic heterocycles. The number of nitrogens with two attached hydrogens (primary N) is 1. The predicted octanol–water partition coefficient (Wildman–Crippen LogP) is 2.83. The van der Waals surface area contributed by atoms with Gasteiger partial charge in [-0.25, -0.2) is 0 Å². The third-order valence-electron chi connectivity index (χ3n) is 3.92.